The molecule has 1 aromatic carbocycles. The van der Waals surface area contributed by atoms with Crippen LogP contribution in [0.25, 0.3) is 6.08 Å². The Labute approximate surface area is 120 Å². The van der Waals surface area contributed by atoms with Crippen LogP contribution in [0.4, 0.5) is 26.3 Å². The molecule has 0 saturated carbocycles. The average molecular weight is 328 g/mol. The Morgan fingerprint density at radius 3 is 2.14 bits per heavy atom. The summed E-state index contributed by atoms with van der Waals surface area (Å²) >= 11 is 0. The molecule has 0 radical (unpaired) electrons. The van der Waals surface area contributed by atoms with Gasteiger partial charge in [0.05, 0.1) is 12.2 Å². The van der Waals surface area contributed by atoms with E-state index in [-0.39, 0.29) is 6.61 Å². The van der Waals surface area contributed by atoms with E-state index in [9.17, 15) is 31.1 Å². The molecule has 0 amide bonds. The van der Waals surface area contributed by atoms with Gasteiger partial charge in [-0.1, -0.05) is 6.07 Å². The van der Waals surface area contributed by atoms with Gasteiger partial charge in [-0.25, -0.2) is 4.79 Å². The molecule has 0 saturated heterocycles. The lowest BCUT2D eigenvalue weighted by molar-refractivity contribution is -0.163. The van der Waals surface area contributed by atoms with Crippen LogP contribution in [0.5, 0.6) is 5.75 Å². The van der Waals surface area contributed by atoms with E-state index in [0.29, 0.717) is 24.3 Å². The second-order valence-electron chi connectivity index (χ2n) is 4.00. The lowest BCUT2D eigenvalue weighted by Crippen LogP contribution is -2.18. The maximum Gasteiger partial charge on any atom is 0.420 e. The highest BCUT2D eigenvalue weighted by Crippen LogP contribution is 2.46. The van der Waals surface area contributed by atoms with Gasteiger partial charge in [0.2, 0.25) is 0 Å². The van der Waals surface area contributed by atoms with Crippen LogP contribution in [0, 0.1) is 0 Å². The van der Waals surface area contributed by atoms with E-state index in [1.165, 1.54) is 6.92 Å². The first-order valence-corrected chi connectivity index (χ1v) is 5.83. The molecule has 3 nitrogen and oxygen atoms in total. The topological polar surface area (TPSA) is 46.5 Å². The maximum atomic E-state index is 12.9. The molecule has 22 heavy (non-hydrogen) atoms. The third-order valence-corrected chi connectivity index (χ3v) is 2.47. The number of carbonyl (C=O) groups is 1. The molecule has 1 aromatic rings. The van der Waals surface area contributed by atoms with Gasteiger partial charge in [-0.2, -0.15) is 26.3 Å². The molecule has 0 aliphatic heterocycles. The van der Waals surface area contributed by atoms with E-state index < -0.39 is 40.8 Å². The number of esters is 1. The largest absolute Gasteiger partial charge is 0.507 e. The molecule has 0 unspecified atom stereocenters. The summed E-state index contributed by atoms with van der Waals surface area (Å²) in [5.74, 6) is -2.55. The number of halogens is 6. The fraction of sp³-hybridized carbons (Fsp3) is 0.308. The van der Waals surface area contributed by atoms with Crippen molar-refractivity contribution in [3.63, 3.8) is 0 Å². The van der Waals surface area contributed by atoms with Gasteiger partial charge >= 0.3 is 18.3 Å². The standard InChI is InChI=1S/C13H10F6O3/c1-2-22-9(21)6-4-7-3-5-8(20)11(13(17,18)19)10(7)12(14,15)16/h3-6,20H,2H2,1H3/b6-4+. The minimum absolute atomic E-state index is 0.0430. The Bertz CT molecular complexity index is 587. The molecular weight excluding hydrogens is 318 g/mol. The van der Waals surface area contributed by atoms with Crippen LogP contribution in [-0.4, -0.2) is 17.7 Å². The third-order valence-electron chi connectivity index (χ3n) is 2.47. The quantitative estimate of drug-likeness (QED) is 0.518. The van der Waals surface area contributed by atoms with E-state index in [2.05, 4.69) is 4.74 Å². The molecule has 0 bridgehead atoms. The summed E-state index contributed by atoms with van der Waals surface area (Å²) in [5, 5.41) is 9.14. The Hall–Kier alpha value is -2.19. The van der Waals surface area contributed by atoms with Gasteiger partial charge in [-0.15, -0.1) is 0 Å². The number of hydrogen-bond acceptors (Lipinski definition) is 3. The number of rotatable bonds is 3. The van der Waals surface area contributed by atoms with Crippen molar-refractivity contribution in [1.82, 2.24) is 0 Å². The van der Waals surface area contributed by atoms with Gasteiger partial charge in [-0.05, 0) is 24.6 Å². The summed E-state index contributed by atoms with van der Waals surface area (Å²) in [6.45, 7) is 1.41. The smallest absolute Gasteiger partial charge is 0.420 e. The van der Waals surface area contributed by atoms with E-state index >= 15 is 0 Å². The number of alkyl halides is 6. The lowest BCUT2D eigenvalue weighted by atomic mass is 9.98. The van der Waals surface area contributed by atoms with Crippen LogP contribution in [0.2, 0.25) is 0 Å². The molecule has 9 heteroatoms. The lowest BCUT2D eigenvalue weighted by Gasteiger charge is -2.18. The highest BCUT2D eigenvalue weighted by molar-refractivity contribution is 5.87. The zero-order valence-electron chi connectivity index (χ0n) is 11.0. The second-order valence-corrected chi connectivity index (χ2v) is 4.00. The summed E-state index contributed by atoms with van der Waals surface area (Å²) < 4.78 is 81.5. The van der Waals surface area contributed by atoms with Gasteiger partial charge in [0.1, 0.15) is 11.3 Å². The molecule has 0 aliphatic rings. The van der Waals surface area contributed by atoms with E-state index in [1.54, 1.807) is 0 Å². The fourth-order valence-corrected chi connectivity index (χ4v) is 1.69. The Morgan fingerprint density at radius 1 is 1.14 bits per heavy atom. The third kappa shape index (κ3) is 4.15. The first kappa shape index (κ1) is 17.9. The summed E-state index contributed by atoms with van der Waals surface area (Å²) in [6.07, 6.45) is -9.67. The van der Waals surface area contributed by atoms with E-state index in [1.807, 2.05) is 0 Å². The summed E-state index contributed by atoms with van der Waals surface area (Å²) in [4.78, 5) is 11.1. The molecule has 0 spiro atoms. The zero-order chi connectivity index (χ0) is 17.1. The van der Waals surface area contributed by atoms with Crippen molar-refractivity contribution in [2.75, 3.05) is 6.61 Å². The highest BCUT2D eigenvalue weighted by atomic mass is 19.4. The van der Waals surface area contributed by atoms with Crippen LogP contribution < -0.4 is 0 Å². The number of carbonyl (C=O) groups excluding carboxylic acids is 1. The first-order chi connectivity index (χ1) is 9.98. The highest BCUT2D eigenvalue weighted by Gasteiger charge is 2.46. The number of aromatic hydroxyl groups is 1. The predicted molar refractivity (Wildman–Crippen MR) is 63.8 cm³/mol. The molecule has 0 fully saturated rings. The normalized spacial score (nSPS) is 12.7. The molecule has 1 N–H and O–H groups in total. The Kier molecular flexibility index (Phi) is 5.10. The van der Waals surface area contributed by atoms with Crippen LogP contribution >= 0.6 is 0 Å². The first-order valence-electron chi connectivity index (χ1n) is 5.83. The number of benzene rings is 1. The number of phenols is 1. The molecule has 0 atom stereocenters. The molecule has 0 aromatic heterocycles. The minimum Gasteiger partial charge on any atom is -0.507 e. The van der Waals surface area contributed by atoms with Crippen molar-refractivity contribution in [3.05, 3.63) is 34.9 Å². The van der Waals surface area contributed by atoms with Crippen LogP contribution in [0.15, 0.2) is 18.2 Å². The van der Waals surface area contributed by atoms with Crippen LogP contribution in [-0.2, 0) is 21.9 Å². The Morgan fingerprint density at radius 2 is 1.68 bits per heavy atom. The number of phenolic OH excluding ortho intramolecular Hbond substituents is 1. The Balaban J connectivity index is 3.50. The average Bonchev–Trinajstić information content (AvgIpc) is 2.34. The molecule has 1 rings (SSSR count). The van der Waals surface area contributed by atoms with Gasteiger partial charge < -0.3 is 9.84 Å². The zero-order valence-corrected chi connectivity index (χ0v) is 11.0. The van der Waals surface area contributed by atoms with Crippen molar-refractivity contribution in [2.45, 2.75) is 19.3 Å². The number of hydrogen-bond donors (Lipinski definition) is 1. The van der Waals surface area contributed by atoms with Crippen LogP contribution in [0.3, 0.4) is 0 Å². The van der Waals surface area contributed by atoms with E-state index in [0.717, 1.165) is 0 Å². The molecule has 0 heterocycles. The fourth-order valence-electron chi connectivity index (χ4n) is 1.69. The maximum absolute atomic E-state index is 12.9. The van der Waals surface area contributed by atoms with Gasteiger partial charge in [0, 0.05) is 6.08 Å². The van der Waals surface area contributed by atoms with E-state index in [4.69, 9.17) is 5.11 Å². The SMILES string of the molecule is CCOC(=O)/C=C/c1ccc(O)c(C(F)(F)F)c1C(F)(F)F. The number of ether oxygens (including phenoxy) is 1. The second kappa shape index (κ2) is 6.29. The van der Waals surface area contributed by atoms with Gasteiger partial charge in [0.25, 0.3) is 0 Å². The summed E-state index contributed by atoms with van der Waals surface area (Å²) in [6, 6.07) is 1.10. The predicted octanol–water partition coefficient (Wildman–Crippen LogP) is 4.01. The van der Waals surface area contributed by atoms with Gasteiger partial charge in [0.15, 0.2) is 0 Å². The summed E-state index contributed by atoms with van der Waals surface area (Å²) in [5.41, 5.74) is -5.18. The van der Waals surface area contributed by atoms with Gasteiger partial charge in [-0.3, -0.25) is 0 Å². The monoisotopic (exact) mass is 328 g/mol. The summed E-state index contributed by atoms with van der Waals surface area (Å²) in [7, 11) is 0. The van der Waals surface area contributed by atoms with Crippen molar-refractivity contribution < 1.29 is 41.0 Å². The van der Waals surface area contributed by atoms with Crippen LogP contribution in [0.1, 0.15) is 23.6 Å². The molecule has 0 aliphatic carbocycles. The molecular formula is C13H10F6O3. The van der Waals surface area contributed by atoms with Crippen molar-refractivity contribution in [1.29, 1.82) is 0 Å². The van der Waals surface area contributed by atoms with Crippen molar-refractivity contribution in [3.8, 4) is 5.75 Å². The van der Waals surface area contributed by atoms with Crippen molar-refractivity contribution in [2.24, 2.45) is 0 Å². The minimum atomic E-state index is -5.41. The molecule has 122 valence electrons. The van der Waals surface area contributed by atoms with Crippen molar-refractivity contribution >= 4 is 12.0 Å².